The van der Waals surface area contributed by atoms with E-state index in [9.17, 15) is 14.4 Å². The SMILES string of the molecule is NC(N)=NCCC[C@H](N)C(=O)O.O=C(O)CNC(=O)c1c2ccccc2nc2c1[nH]c1ccccc12. The van der Waals surface area contributed by atoms with Crippen molar-refractivity contribution >= 4 is 56.6 Å². The van der Waals surface area contributed by atoms with Crippen molar-refractivity contribution in [1.29, 1.82) is 0 Å². The summed E-state index contributed by atoms with van der Waals surface area (Å²) in [5.41, 5.74) is 18.6. The minimum atomic E-state index is -1.09. The van der Waals surface area contributed by atoms with Gasteiger partial charge in [-0.2, -0.15) is 0 Å². The molecule has 2 heterocycles. The van der Waals surface area contributed by atoms with Crippen LogP contribution in [0, 0.1) is 0 Å². The van der Waals surface area contributed by atoms with E-state index in [-0.39, 0.29) is 5.96 Å². The number of carboxylic acids is 2. The van der Waals surface area contributed by atoms with Gasteiger partial charge in [0.15, 0.2) is 5.96 Å². The maximum absolute atomic E-state index is 12.6. The summed E-state index contributed by atoms with van der Waals surface area (Å²) in [5.74, 6) is -2.51. The third-order valence-corrected chi connectivity index (χ3v) is 5.25. The molecule has 12 heteroatoms. The van der Waals surface area contributed by atoms with E-state index in [2.05, 4.69) is 20.3 Å². The van der Waals surface area contributed by atoms with Gasteiger partial charge in [-0.3, -0.25) is 19.4 Å². The number of rotatable bonds is 8. The molecule has 36 heavy (non-hydrogen) atoms. The molecular formula is C24H27N7O5. The minimum Gasteiger partial charge on any atom is -0.480 e. The highest BCUT2D eigenvalue weighted by Gasteiger charge is 2.19. The number of nitrogens with one attached hydrogen (secondary N) is 2. The second kappa shape index (κ2) is 11.6. The van der Waals surface area contributed by atoms with Gasteiger partial charge in [0.05, 0.1) is 22.1 Å². The topological polar surface area (TPSA) is 223 Å². The Hall–Kier alpha value is -4.71. The van der Waals surface area contributed by atoms with Crippen LogP contribution in [0.25, 0.3) is 32.8 Å². The van der Waals surface area contributed by atoms with E-state index in [1.54, 1.807) is 0 Å². The first-order chi connectivity index (χ1) is 17.2. The number of carboxylic acid groups (broad SMARTS) is 2. The first-order valence-corrected chi connectivity index (χ1v) is 11.0. The van der Waals surface area contributed by atoms with Crippen molar-refractivity contribution in [2.45, 2.75) is 18.9 Å². The number of nitrogens with zero attached hydrogens (tertiary/aromatic N) is 2. The average Bonchev–Trinajstić information content (AvgIpc) is 3.21. The number of aromatic nitrogens is 2. The monoisotopic (exact) mass is 493 g/mol. The number of hydrogen-bond acceptors (Lipinski definition) is 6. The van der Waals surface area contributed by atoms with Crippen molar-refractivity contribution in [3.63, 3.8) is 0 Å². The normalized spacial score (nSPS) is 11.5. The molecule has 4 rings (SSSR count). The summed E-state index contributed by atoms with van der Waals surface area (Å²) in [6, 6.07) is 14.2. The molecule has 0 spiro atoms. The van der Waals surface area contributed by atoms with E-state index < -0.39 is 30.4 Å². The summed E-state index contributed by atoms with van der Waals surface area (Å²) in [4.78, 5) is 45.2. The predicted molar refractivity (Wildman–Crippen MR) is 137 cm³/mol. The molecule has 2 aromatic heterocycles. The summed E-state index contributed by atoms with van der Waals surface area (Å²) in [6.07, 6.45) is 0.956. The summed E-state index contributed by atoms with van der Waals surface area (Å²) in [7, 11) is 0. The number of carbonyl (C=O) groups is 3. The Kier molecular flexibility index (Phi) is 8.36. The molecule has 0 bridgehead atoms. The van der Waals surface area contributed by atoms with Crippen LogP contribution in [0.4, 0.5) is 0 Å². The number of H-pyrrole nitrogens is 1. The number of hydrogen-bond donors (Lipinski definition) is 7. The zero-order chi connectivity index (χ0) is 26.2. The third-order valence-electron chi connectivity index (χ3n) is 5.25. The number of carbonyl (C=O) groups excluding carboxylic acids is 1. The maximum atomic E-state index is 12.6. The second-order valence-corrected chi connectivity index (χ2v) is 7.87. The number of benzene rings is 2. The van der Waals surface area contributed by atoms with E-state index in [0.717, 1.165) is 10.9 Å². The summed E-state index contributed by atoms with van der Waals surface area (Å²) >= 11 is 0. The van der Waals surface area contributed by atoms with Crippen LogP contribution in [-0.4, -0.2) is 63.1 Å². The number of nitrogens with two attached hydrogens (primary N) is 3. The maximum Gasteiger partial charge on any atom is 0.322 e. The minimum absolute atomic E-state index is 0.0129. The van der Waals surface area contributed by atoms with Gasteiger partial charge in [0.25, 0.3) is 5.91 Å². The van der Waals surface area contributed by atoms with E-state index in [1.165, 1.54) is 0 Å². The number of para-hydroxylation sites is 2. The van der Waals surface area contributed by atoms with Crippen molar-refractivity contribution in [1.82, 2.24) is 15.3 Å². The molecule has 1 atom stereocenters. The molecule has 10 N–H and O–H groups in total. The Morgan fingerprint density at radius 1 is 1.03 bits per heavy atom. The van der Waals surface area contributed by atoms with Crippen LogP contribution >= 0.6 is 0 Å². The number of amides is 1. The Morgan fingerprint density at radius 2 is 1.69 bits per heavy atom. The highest BCUT2D eigenvalue weighted by atomic mass is 16.4. The van der Waals surface area contributed by atoms with Gasteiger partial charge < -0.3 is 37.7 Å². The quantitative estimate of drug-likeness (QED) is 0.106. The molecule has 4 aromatic rings. The molecule has 0 aliphatic carbocycles. The van der Waals surface area contributed by atoms with Crippen LogP contribution in [0.1, 0.15) is 23.2 Å². The van der Waals surface area contributed by atoms with Gasteiger partial charge in [0.1, 0.15) is 12.6 Å². The van der Waals surface area contributed by atoms with Gasteiger partial charge in [-0.15, -0.1) is 0 Å². The third kappa shape index (κ3) is 6.24. The lowest BCUT2D eigenvalue weighted by Crippen LogP contribution is -2.30. The van der Waals surface area contributed by atoms with Crippen LogP contribution in [0.15, 0.2) is 53.5 Å². The highest BCUT2D eigenvalue weighted by Crippen LogP contribution is 2.30. The number of aliphatic imine (C=N–C) groups is 1. The Labute approximate surface area is 205 Å². The average molecular weight is 494 g/mol. The molecule has 0 radical (unpaired) electrons. The van der Waals surface area contributed by atoms with Crippen molar-refractivity contribution in [3.8, 4) is 0 Å². The lowest BCUT2D eigenvalue weighted by atomic mass is 10.1. The fourth-order valence-electron chi connectivity index (χ4n) is 3.58. The standard InChI is InChI=1S/C18H13N3O3.C6H14N4O2/c22-14(23)9-19-18(24)15-10-5-1-3-7-12(10)20-16-11-6-2-4-8-13(11)21-17(15)16;7-4(5(11)12)2-1-3-10-6(8)9/h1-8,21H,9H2,(H,19,24)(H,22,23);4H,1-3,7H2,(H,11,12)(H4,8,9,10)/t;4-/m.0/s1. The van der Waals surface area contributed by atoms with Crippen molar-refractivity contribution < 1.29 is 24.6 Å². The molecule has 0 fully saturated rings. The van der Waals surface area contributed by atoms with Gasteiger partial charge >= 0.3 is 11.9 Å². The number of aliphatic carboxylic acids is 2. The van der Waals surface area contributed by atoms with Crippen molar-refractivity contribution in [2.24, 2.45) is 22.2 Å². The Bertz CT molecular complexity index is 1440. The summed E-state index contributed by atoms with van der Waals surface area (Å²) in [5, 5.41) is 21.2. The first-order valence-electron chi connectivity index (χ1n) is 11.0. The lowest BCUT2D eigenvalue weighted by molar-refractivity contribution is -0.139. The fraction of sp³-hybridized carbons (Fsp3) is 0.208. The van der Waals surface area contributed by atoms with E-state index in [0.29, 0.717) is 46.9 Å². The predicted octanol–water partition coefficient (Wildman–Crippen LogP) is 1.14. The molecule has 12 nitrogen and oxygen atoms in total. The molecule has 0 saturated carbocycles. The molecule has 0 aliphatic rings. The van der Waals surface area contributed by atoms with Crippen molar-refractivity contribution in [3.05, 3.63) is 54.1 Å². The number of guanidine groups is 1. The van der Waals surface area contributed by atoms with Gasteiger partial charge in [0, 0.05) is 22.8 Å². The molecule has 0 saturated heterocycles. The largest absolute Gasteiger partial charge is 0.480 e. The van der Waals surface area contributed by atoms with Crippen molar-refractivity contribution in [2.75, 3.05) is 13.1 Å². The molecule has 188 valence electrons. The number of pyridine rings is 1. The summed E-state index contributed by atoms with van der Waals surface area (Å²) in [6.45, 7) is -0.0134. The molecule has 2 aromatic carbocycles. The fourth-order valence-corrected chi connectivity index (χ4v) is 3.58. The van der Waals surface area contributed by atoms with Crippen LogP contribution < -0.4 is 22.5 Å². The first kappa shape index (κ1) is 25.9. The highest BCUT2D eigenvalue weighted by molar-refractivity contribution is 6.20. The lowest BCUT2D eigenvalue weighted by Gasteiger charge is -2.08. The van der Waals surface area contributed by atoms with E-state index in [4.69, 9.17) is 27.4 Å². The van der Waals surface area contributed by atoms with Gasteiger partial charge in [0.2, 0.25) is 0 Å². The molecule has 0 unspecified atom stereocenters. The zero-order valence-corrected chi connectivity index (χ0v) is 19.3. The molecule has 1 amide bonds. The smallest absolute Gasteiger partial charge is 0.322 e. The number of aromatic amines is 1. The molecule has 0 aliphatic heterocycles. The second-order valence-electron chi connectivity index (χ2n) is 7.87. The van der Waals surface area contributed by atoms with Gasteiger partial charge in [-0.05, 0) is 25.0 Å². The van der Waals surface area contributed by atoms with Gasteiger partial charge in [-0.25, -0.2) is 4.98 Å². The van der Waals surface area contributed by atoms with E-state index >= 15 is 0 Å². The Balaban J connectivity index is 0.000000257. The van der Waals surface area contributed by atoms with Crippen LogP contribution in [-0.2, 0) is 9.59 Å². The Morgan fingerprint density at radius 3 is 2.36 bits per heavy atom. The molecular weight excluding hydrogens is 466 g/mol. The number of fused-ring (bicyclic) bond motifs is 4. The van der Waals surface area contributed by atoms with Gasteiger partial charge in [-0.1, -0.05) is 36.4 Å². The van der Waals surface area contributed by atoms with Crippen LogP contribution in [0.2, 0.25) is 0 Å². The van der Waals surface area contributed by atoms with Crippen LogP contribution in [0.3, 0.4) is 0 Å². The zero-order valence-electron chi connectivity index (χ0n) is 19.3. The van der Waals surface area contributed by atoms with E-state index in [1.807, 2.05) is 48.5 Å². The van der Waals surface area contributed by atoms with Crippen LogP contribution in [0.5, 0.6) is 0 Å². The summed E-state index contributed by atoms with van der Waals surface area (Å²) < 4.78 is 0.